The Morgan fingerprint density at radius 1 is 1.23 bits per heavy atom. The summed E-state index contributed by atoms with van der Waals surface area (Å²) in [6.07, 6.45) is 0. The normalized spacial score (nSPS) is 11.9. The molecule has 26 heavy (non-hydrogen) atoms. The van der Waals surface area contributed by atoms with E-state index in [2.05, 4.69) is 4.98 Å². The molecule has 0 aliphatic carbocycles. The lowest BCUT2D eigenvalue weighted by Gasteiger charge is -2.15. The summed E-state index contributed by atoms with van der Waals surface area (Å²) in [4.78, 5) is 14.8. The fourth-order valence-electron chi connectivity index (χ4n) is 2.69. The van der Waals surface area contributed by atoms with Crippen LogP contribution in [0.2, 0.25) is 10.0 Å². The summed E-state index contributed by atoms with van der Waals surface area (Å²) in [5.74, 6) is 0.450. The number of halogens is 5. The molecular formula is C15H10BCl2F3N3O2-. The maximum absolute atomic E-state index is 12.7. The van der Waals surface area contributed by atoms with E-state index in [1.54, 1.807) is 11.5 Å². The van der Waals surface area contributed by atoms with Crippen molar-refractivity contribution in [1.82, 2.24) is 9.55 Å². The molecule has 0 radical (unpaired) electrons. The van der Waals surface area contributed by atoms with E-state index in [-0.39, 0.29) is 22.1 Å². The van der Waals surface area contributed by atoms with Gasteiger partial charge in [0.05, 0.1) is 15.5 Å². The number of hydrogen-bond donors (Lipinski definition) is 0. The number of nitro groups is 1. The standard InChI is InChI=1S/C15H10BCl2F3N3O2/c1-8-22-14-12(6-11(17)13(18)15(14)24(25)26)23(8)7-9-2-4-10(5-3-9)16(19,20)21/h2-6H,7H2,1H3/q-1. The molecule has 0 unspecified atom stereocenters. The van der Waals surface area contributed by atoms with Crippen molar-refractivity contribution in [2.24, 2.45) is 0 Å². The van der Waals surface area contributed by atoms with Gasteiger partial charge in [0.2, 0.25) is 0 Å². The number of imidazole rings is 1. The number of rotatable bonds is 4. The molecule has 5 nitrogen and oxygen atoms in total. The summed E-state index contributed by atoms with van der Waals surface area (Å²) in [6, 6.07) is 6.20. The lowest BCUT2D eigenvalue weighted by molar-refractivity contribution is -0.383. The minimum Gasteiger partial charge on any atom is -0.445 e. The minimum atomic E-state index is -5.06. The molecule has 1 aromatic heterocycles. The molecule has 136 valence electrons. The van der Waals surface area contributed by atoms with Crippen molar-refractivity contribution in [2.45, 2.75) is 13.5 Å². The minimum absolute atomic E-state index is 0.00198. The van der Waals surface area contributed by atoms with Gasteiger partial charge in [-0.2, -0.15) is 0 Å². The highest BCUT2D eigenvalue weighted by atomic mass is 35.5. The molecule has 0 bridgehead atoms. The van der Waals surface area contributed by atoms with Crippen LogP contribution < -0.4 is 5.46 Å². The number of fused-ring (bicyclic) bond motifs is 1. The zero-order valence-electron chi connectivity index (χ0n) is 13.2. The number of nitro benzene ring substituents is 1. The number of nitrogens with zero attached hydrogens (tertiary/aromatic N) is 3. The van der Waals surface area contributed by atoms with Crippen molar-refractivity contribution in [3.63, 3.8) is 0 Å². The Labute approximate surface area is 155 Å². The van der Waals surface area contributed by atoms with Crippen LogP contribution in [-0.4, -0.2) is 21.5 Å². The van der Waals surface area contributed by atoms with Gasteiger partial charge in [-0.3, -0.25) is 10.1 Å². The first-order valence-electron chi connectivity index (χ1n) is 7.37. The molecule has 0 saturated carbocycles. The van der Waals surface area contributed by atoms with E-state index >= 15 is 0 Å². The summed E-state index contributed by atoms with van der Waals surface area (Å²) >= 11 is 11.9. The highest BCUT2D eigenvalue weighted by Gasteiger charge is 2.26. The first-order chi connectivity index (χ1) is 12.1. The summed E-state index contributed by atoms with van der Waals surface area (Å²) in [5, 5.41) is 11.1. The van der Waals surface area contributed by atoms with Gasteiger partial charge >= 0.3 is 12.7 Å². The Hall–Kier alpha value is -2.26. The Bertz CT molecular complexity index is 1020. The average molecular weight is 403 g/mol. The van der Waals surface area contributed by atoms with Gasteiger partial charge in [-0.05, 0) is 18.6 Å². The largest absolute Gasteiger partial charge is 0.509 e. The van der Waals surface area contributed by atoms with Crippen LogP contribution in [0, 0.1) is 17.0 Å². The van der Waals surface area contributed by atoms with Gasteiger partial charge in [0.15, 0.2) is 5.52 Å². The molecule has 0 atom stereocenters. The highest BCUT2D eigenvalue weighted by molar-refractivity contribution is 6.73. The average Bonchev–Trinajstić information content (AvgIpc) is 2.83. The van der Waals surface area contributed by atoms with Crippen LogP contribution in [0.25, 0.3) is 11.0 Å². The maximum atomic E-state index is 12.7. The molecule has 0 aliphatic heterocycles. The number of aromatic nitrogens is 2. The van der Waals surface area contributed by atoms with E-state index in [9.17, 15) is 23.1 Å². The molecule has 3 rings (SSSR count). The fraction of sp³-hybridized carbons (Fsp3) is 0.133. The monoisotopic (exact) mass is 402 g/mol. The molecular weight excluding hydrogens is 393 g/mol. The van der Waals surface area contributed by atoms with E-state index < -0.39 is 23.1 Å². The van der Waals surface area contributed by atoms with Crippen LogP contribution in [0.15, 0.2) is 30.3 Å². The van der Waals surface area contributed by atoms with Crippen molar-refractivity contribution < 1.29 is 17.9 Å². The van der Waals surface area contributed by atoms with Crippen LogP contribution >= 0.6 is 23.2 Å². The van der Waals surface area contributed by atoms with Gasteiger partial charge < -0.3 is 17.5 Å². The zero-order chi connectivity index (χ0) is 19.2. The summed E-state index contributed by atoms with van der Waals surface area (Å²) in [5.41, 5.74) is -0.0349. The van der Waals surface area contributed by atoms with Crippen molar-refractivity contribution >= 4 is 52.4 Å². The SMILES string of the molecule is Cc1nc2c([N+](=O)[O-])c(Cl)c(Cl)cc2n1Cc1ccc([B-](F)(F)F)cc1. The Morgan fingerprint density at radius 2 is 1.85 bits per heavy atom. The quantitative estimate of drug-likeness (QED) is 0.362. The summed E-state index contributed by atoms with van der Waals surface area (Å²) < 4.78 is 39.8. The Morgan fingerprint density at radius 3 is 2.38 bits per heavy atom. The van der Waals surface area contributed by atoms with E-state index in [4.69, 9.17) is 23.2 Å². The molecule has 3 aromatic rings. The van der Waals surface area contributed by atoms with Crippen LogP contribution in [0.4, 0.5) is 18.6 Å². The molecule has 2 aromatic carbocycles. The molecule has 0 amide bonds. The lowest BCUT2D eigenvalue weighted by atomic mass is 9.80. The van der Waals surface area contributed by atoms with Crippen molar-refractivity contribution in [1.29, 1.82) is 0 Å². The molecule has 0 saturated heterocycles. The van der Waals surface area contributed by atoms with Gasteiger partial charge in [-0.15, -0.1) is 5.46 Å². The van der Waals surface area contributed by atoms with Crippen molar-refractivity contribution in [3.05, 3.63) is 61.9 Å². The van der Waals surface area contributed by atoms with E-state index in [0.717, 1.165) is 12.1 Å². The predicted molar refractivity (Wildman–Crippen MR) is 95.4 cm³/mol. The van der Waals surface area contributed by atoms with Crippen molar-refractivity contribution in [2.75, 3.05) is 0 Å². The second-order valence-corrected chi connectivity index (χ2v) is 6.49. The number of benzene rings is 2. The number of hydrogen-bond acceptors (Lipinski definition) is 3. The van der Waals surface area contributed by atoms with E-state index in [1.807, 2.05) is 0 Å². The zero-order valence-corrected chi connectivity index (χ0v) is 14.7. The molecule has 0 N–H and O–H groups in total. The Balaban J connectivity index is 2.09. The first-order valence-corrected chi connectivity index (χ1v) is 8.13. The number of aryl methyl sites for hydroxylation is 1. The fourth-order valence-corrected chi connectivity index (χ4v) is 3.10. The highest BCUT2D eigenvalue weighted by Crippen LogP contribution is 2.38. The summed E-state index contributed by atoms with van der Waals surface area (Å²) in [7, 11) is 0. The van der Waals surface area contributed by atoms with Gasteiger partial charge in [-0.1, -0.05) is 47.5 Å². The third-order valence-electron chi connectivity index (χ3n) is 3.98. The topological polar surface area (TPSA) is 61.0 Å². The second-order valence-electron chi connectivity index (χ2n) is 5.71. The van der Waals surface area contributed by atoms with Crippen LogP contribution in [0.1, 0.15) is 11.4 Å². The van der Waals surface area contributed by atoms with Gasteiger partial charge in [0.25, 0.3) is 0 Å². The molecule has 0 spiro atoms. The lowest BCUT2D eigenvalue weighted by Crippen LogP contribution is -2.33. The van der Waals surface area contributed by atoms with Crippen LogP contribution in [0.3, 0.4) is 0 Å². The maximum Gasteiger partial charge on any atom is 0.509 e. The van der Waals surface area contributed by atoms with Gasteiger partial charge in [-0.25, -0.2) is 4.98 Å². The van der Waals surface area contributed by atoms with Gasteiger partial charge in [0.1, 0.15) is 10.8 Å². The Kier molecular flexibility index (Phi) is 4.62. The first kappa shape index (κ1) is 18.5. The molecule has 1 heterocycles. The molecule has 11 heteroatoms. The second kappa shape index (κ2) is 6.48. The smallest absolute Gasteiger partial charge is 0.445 e. The molecule has 0 fully saturated rings. The molecule has 0 aliphatic rings. The predicted octanol–water partition coefficient (Wildman–Crippen LogP) is 4.66. The van der Waals surface area contributed by atoms with Crippen molar-refractivity contribution in [3.8, 4) is 0 Å². The van der Waals surface area contributed by atoms with Gasteiger partial charge in [0, 0.05) is 6.54 Å². The summed E-state index contributed by atoms with van der Waals surface area (Å²) in [6.45, 7) is -3.24. The van der Waals surface area contributed by atoms with Crippen LogP contribution in [0.5, 0.6) is 0 Å². The van der Waals surface area contributed by atoms with E-state index in [0.29, 0.717) is 16.9 Å². The van der Waals surface area contributed by atoms with Crippen LogP contribution in [-0.2, 0) is 6.54 Å². The third kappa shape index (κ3) is 3.24. The third-order valence-corrected chi connectivity index (χ3v) is 4.76. The van der Waals surface area contributed by atoms with E-state index in [1.165, 1.54) is 18.2 Å².